The molecule has 2 aromatic carbocycles. The summed E-state index contributed by atoms with van der Waals surface area (Å²) in [7, 11) is -3.82. The van der Waals surface area contributed by atoms with Crippen molar-refractivity contribution in [2.45, 2.75) is 23.8 Å². The molecule has 1 aliphatic heterocycles. The van der Waals surface area contributed by atoms with E-state index in [1.807, 2.05) is 0 Å². The quantitative estimate of drug-likeness (QED) is 0.481. The number of halogens is 3. The van der Waals surface area contributed by atoms with Gasteiger partial charge < -0.3 is 5.32 Å². The van der Waals surface area contributed by atoms with Crippen LogP contribution >= 0.6 is 46.1 Å². The number of rotatable bonds is 5. The third kappa shape index (κ3) is 4.74. The van der Waals surface area contributed by atoms with Crippen LogP contribution in [0.25, 0.3) is 11.3 Å². The molecule has 1 N–H and O–H groups in total. The average Bonchev–Trinajstić information content (AvgIpc) is 3.40. The van der Waals surface area contributed by atoms with E-state index < -0.39 is 22.0 Å². The van der Waals surface area contributed by atoms with Crippen LogP contribution in [0, 0.1) is 0 Å². The molecule has 0 saturated carbocycles. The summed E-state index contributed by atoms with van der Waals surface area (Å²) in [5.74, 6) is -0.412. The molecule has 0 spiro atoms. The molecule has 1 atom stereocenters. The highest BCUT2D eigenvalue weighted by Gasteiger charge is 2.39. The Hall–Kier alpha value is -1.68. The van der Waals surface area contributed by atoms with Gasteiger partial charge in [0.05, 0.1) is 20.6 Å². The number of nitrogens with one attached hydrogen (secondary N) is 1. The van der Waals surface area contributed by atoms with Crippen LogP contribution in [0.3, 0.4) is 0 Å². The van der Waals surface area contributed by atoms with E-state index in [4.69, 9.17) is 34.8 Å². The topological polar surface area (TPSA) is 79.4 Å². The summed E-state index contributed by atoms with van der Waals surface area (Å²) < 4.78 is 27.3. The van der Waals surface area contributed by atoms with Crippen molar-refractivity contribution in [1.29, 1.82) is 0 Å². The van der Waals surface area contributed by atoms with Crippen molar-refractivity contribution < 1.29 is 13.2 Å². The summed E-state index contributed by atoms with van der Waals surface area (Å²) in [5.41, 5.74) is 1.40. The van der Waals surface area contributed by atoms with Crippen molar-refractivity contribution in [3.05, 3.63) is 62.9 Å². The SMILES string of the molecule is O=C(Nc1nc(-c2ccc(Cl)c(Cl)c2)cs1)C1CCCN1S(=O)(=O)c1ccc(Cl)cc1. The Kier molecular flexibility index (Phi) is 6.57. The lowest BCUT2D eigenvalue weighted by molar-refractivity contribution is -0.119. The predicted octanol–water partition coefficient (Wildman–Crippen LogP) is 5.56. The minimum atomic E-state index is -3.82. The first-order valence-corrected chi connectivity index (χ1v) is 12.7. The zero-order chi connectivity index (χ0) is 22.2. The van der Waals surface area contributed by atoms with Crippen molar-refractivity contribution in [2.24, 2.45) is 0 Å². The molecule has 11 heteroatoms. The molecule has 0 bridgehead atoms. The van der Waals surface area contributed by atoms with Crippen molar-refractivity contribution >= 4 is 67.2 Å². The summed E-state index contributed by atoms with van der Waals surface area (Å²) in [4.78, 5) is 17.4. The van der Waals surface area contributed by atoms with E-state index in [1.54, 1.807) is 23.6 Å². The van der Waals surface area contributed by atoms with Gasteiger partial charge in [-0.2, -0.15) is 4.31 Å². The van der Waals surface area contributed by atoms with Gasteiger partial charge in [-0.05, 0) is 49.2 Å². The zero-order valence-corrected chi connectivity index (χ0v) is 19.8. The molecule has 1 amide bonds. The summed E-state index contributed by atoms with van der Waals surface area (Å²) in [6.45, 7) is 0.273. The second-order valence-corrected chi connectivity index (χ2v) is 10.9. The number of carbonyl (C=O) groups excluding carboxylic acids is 1. The third-order valence-corrected chi connectivity index (χ3v) is 8.55. The highest BCUT2D eigenvalue weighted by Crippen LogP contribution is 2.32. The molecule has 31 heavy (non-hydrogen) atoms. The van der Waals surface area contributed by atoms with Gasteiger partial charge in [-0.1, -0.05) is 40.9 Å². The smallest absolute Gasteiger partial charge is 0.244 e. The van der Waals surface area contributed by atoms with Crippen LogP contribution in [0.4, 0.5) is 5.13 Å². The van der Waals surface area contributed by atoms with Gasteiger partial charge in [0.2, 0.25) is 15.9 Å². The molecule has 1 unspecified atom stereocenters. The second-order valence-electron chi connectivity index (χ2n) is 6.88. The molecule has 0 aliphatic carbocycles. The van der Waals surface area contributed by atoms with Gasteiger partial charge in [-0.25, -0.2) is 13.4 Å². The van der Waals surface area contributed by atoms with Crippen LogP contribution in [0.15, 0.2) is 52.7 Å². The number of amides is 1. The molecular weight excluding hydrogens is 501 g/mol. The van der Waals surface area contributed by atoms with E-state index in [2.05, 4.69) is 10.3 Å². The Bertz CT molecular complexity index is 1230. The standard InChI is InChI=1S/C20H16Cl3N3O3S2/c21-13-4-6-14(7-5-13)31(28,29)26-9-1-2-18(26)19(27)25-20-24-17(11-30-20)12-3-8-15(22)16(23)10-12/h3-8,10-11,18H,1-2,9H2,(H,24,25,27). The molecule has 1 aliphatic rings. The van der Waals surface area contributed by atoms with E-state index in [1.165, 1.54) is 39.9 Å². The number of benzene rings is 2. The van der Waals surface area contributed by atoms with E-state index in [9.17, 15) is 13.2 Å². The molecule has 162 valence electrons. The molecule has 3 aromatic rings. The summed E-state index contributed by atoms with van der Waals surface area (Å²) in [6.07, 6.45) is 1.03. The Balaban J connectivity index is 1.51. The van der Waals surface area contributed by atoms with Crippen molar-refractivity contribution in [2.75, 3.05) is 11.9 Å². The van der Waals surface area contributed by atoms with E-state index in [0.717, 1.165) is 5.56 Å². The van der Waals surface area contributed by atoms with Gasteiger partial charge in [0.25, 0.3) is 0 Å². The number of carbonyl (C=O) groups is 1. The fraction of sp³-hybridized carbons (Fsp3) is 0.200. The lowest BCUT2D eigenvalue weighted by Gasteiger charge is -2.23. The van der Waals surface area contributed by atoms with Gasteiger partial charge in [-0.15, -0.1) is 11.3 Å². The highest BCUT2D eigenvalue weighted by atomic mass is 35.5. The maximum atomic E-state index is 13.0. The fourth-order valence-electron chi connectivity index (χ4n) is 3.34. The lowest BCUT2D eigenvalue weighted by atomic mass is 10.2. The largest absolute Gasteiger partial charge is 0.301 e. The number of nitrogens with zero attached hydrogens (tertiary/aromatic N) is 2. The van der Waals surface area contributed by atoms with Crippen molar-refractivity contribution in [3.8, 4) is 11.3 Å². The molecule has 6 nitrogen and oxygen atoms in total. The minimum Gasteiger partial charge on any atom is -0.301 e. The minimum absolute atomic E-state index is 0.104. The third-order valence-electron chi connectivity index (χ3n) is 4.88. The first-order chi connectivity index (χ1) is 14.8. The number of aromatic nitrogens is 1. The monoisotopic (exact) mass is 515 g/mol. The molecule has 0 radical (unpaired) electrons. The van der Waals surface area contributed by atoms with Gasteiger partial charge in [-0.3, -0.25) is 4.79 Å². The molecule has 2 heterocycles. The number of anilines is 1. The number of thiazole rings is 1. The normalized spacial score (nSPS) is 17.1. The molecule has 1 fully saturated rings. The van der Waals surface area contributed by atoms with Gasteiger partial charge in [0.1, 0.15) is 6.04 Å². The van der Waals surface area contributed by atoms with Crippen molar-refractivity contribution in [1.82, 2.24) is 9.29 Å². The molecule has 4 rings (SSSR count). The maximum Gasteiger partial charge on any atom is 0.244 e. The van der Waals surface area contributed by atoms with Gasteiger partial charge in [0, 0.05) is 22.5 Å². The Labute approximate surface area is 198 Å². The van der Waals surface area contributed by atoms with E-state index >= 15 is 0 Å². The fourth-order valence-corrected chi connectivity index (χ4v) is 6.14. The summed E-state index contributed by atoms with van der Waals surface area (Å²) >= 11 is 19.1. The lowest BCUT2D eigenvalue weighted by Crippen LogP contribution is -2.43. The van der Waals surface area contributed by atoms with Crippen LogP contribution in [0.5, 0.6) is 0 Å². The van der Waals surface area contributed by atoms with Crippen LogP contribution in [0.2, 0.25) is 15.1 Å². The maximum absolute atomic E-state index is 13.0. The second kappa shape index (κ2) is 9.05. The Morgan fingerprint density at radius 1 is 1.10 bits per heavy atom. The molecule has 1 aromatic heterocycles. The van der Waals surface area contributed by atoms with Crippen LogP contribution in [0.1, 0.15) is 12.8 Å². The predicted molar refractivity (Wildman–Crippen MR) is 125 cm³/mol. The highest BCUT2D eigenvalue weighted by molar-refractivity contribution is 7.89. The Morgan fingerprint density at radius 3 is 2.55 bits per heavy atom. The van der Waals surface area contributed by atoms with E-state index in [-0.39, 0.29) is 11.4 Å². The Morgan fingerprint density at radius 2 is 1.84 bits per heavy atom. The number of hydrogen-bond donors (Lipinski definition) is 1. The van der Waals surface area contributed by atoms with Crippen LogP contribution in [-0.4, -0.2) is 36.2 Å². The summed E-state index contributed by atoms with van der Waals surface area (Å²) in [6, 6.07) is 10.3. The van der Waals surface area contributed by atoms with Gasteiger partial charge in [0.15, 0.2) is 5.13 Å². The molecule has 1 saturated heterocycles. The van der Waals surface area contributed by atoms with Crippen LogP contribution in [-0.2, 0) is 14.8 Å². The summed E-state index contributed by atoms with van der Waals surface area (Å²) in [5, 5.41) is 6.20. The average molecular weight is 517 g/mol. The van der Waals surface area contributed by atoms with Crippen molar-refractivity contribution in [3.63, 3.8) is 0 Å². The van der Waals surface area contributed by atoms with Crippen LogP contribution < -0.4 is 5.32 Å². The zero-order valence-electron chi connectivity index (χ0n) is 15.9. The van der Waals surface area contributed by atoms with Gasteiger partial charge >= 0.3 is 0 Å². The number of sulfonamides is 1. The first kappa shape index (κ1) is 22.5. The number of hydrogen-bond acceptors (Lipinski definition) is 5. The van der Waals surface area contributed by atoms with E-state index in [0.29, 0.717) is 38.7 Å². The first-order valence-electron chi connectivity index (χ1n) is 9.25. The molecular formula is C20H16Cl3N3O3S2.